The van der Waals surface area contributed by atoms with Gasteiger partial charge in [0.05, 0.1) is 16.5 Å². The highest BCUT2D eigenvalue weighted by Gasteiger charge is 2.14. The molecule has 2 aromatic rings. The van der Waals surface area contributed by atoms with Gasteiger partial charge in [-0.2, -0.15) is 5.26 Å². The number of benzene rings is 2. The van der Waals surface area contributed by atoms with Gasteiger partial charge >= 0.3 is 0 Å². The van der Waals surface area contributed by atoms with Crippen molar-refractivity contribution in [3.8, 4) is 6.07 Å². The maximum Gasteiger partial charge on any atom is 0.261 e. The number of nitrogens with one attached hydrogen (secondary N) is 1. The fraction of sp³-hybridized carbons (Fsp3) is 0.235. The van der Waals surface area contributed by atoms with E-state index in [0.29, 0.717) is 11.3 Å². The Hall–Kier alpha value is -2.52. The summed E-state index contributed by atoms with van der Waals surface area (Å²) in [5.41, 5.74) is 1.98. The predicted octanol–water partition coefficient (Wildman–Crippen LogP) is 3.21. The molecule has 0 amide bonds. The highest BCUT2D eigenvalue weighted by Crippen LogP contribution is 2.20. The summed E-state index contributed by atoms with van der Waals surface area (Å²) >= 11 is 0. The maximum atomic E-state index is 12.3. The third kappa shape index (κ3) is 4.02. The first-order valence-electron chi connectivity index (χ1n) is 7.38. The third-order valence-corrected chi connectivity index (χ3v) is 4.94. The van der Waals surface area contributed by atoms with Crippen molar-refractivity contribution in [2.24, 2.45) is 0 Å². The minimum absolute atomic E-state index is 0.129. The number of nitrogens with zero attached hydrogens (tertiary/aromatic N) is 2. The maximum absolute atomic E-state index is 12.3. The standard InChI is InChI=1S/C17H19N3O2S/c1-3-20(4-2)16-9-7-15(8-10-16)19-23(21,22)17-11-5-14(13-18)6-12-17/h5-12,19H,3-4H2,1-2H3. The SMILES string of the molecule is CCN(CC)c1ccc(NS(=O)(=O)c2ccc(C#N)cc2)cc1. The molecule has 2 aromatic carbocycles. The van der Waals surface area contributed by atoms with Gasteiger partial charge in [0.1, 0.15) is 0 Å². The molecular weight excluding hydrogens is 310 g/mol. The highest BCUT2D eigenvalue weighted by molar-refractivity contribution is 7.92. The minimum Gasteiger partial charge on any atom is -0.372 e. The Morgan fingerprint density at radius 1 is 1.00 bits per heavy atom. The fourth-order valence-electron chi connectivity index (χ4n) is 2.25. The predicted molar refractivity (Wildman–Crippen MR) is 92.0 cm³/mol. The van der Waals surface area contributed by atoms with Crippen LogP contribution in [0.3, 0.4) is 0 Å². The van der Waals surface area contributed by atoms with Crippen LogP contribution in [-0.4, -0.2) is 21.5 Å². The van der Waals surface area contributed by atoms with E-state index >= 15 is 0 Å². The molecule has 0 aliphatic heterocycles. The zero-order chi connectivity index (χ0) is 16.9. The Morgan fingerprint density at radius 2 is 1.57 bits per heavy atom. The molecule has 0 atom stereocenters. The van der Waals surface area contributed by atoms with Crippen LogP contribution in [0.1, 0.15) is 19.4 Å². The van der Waals surface area contributed by atoms with Crippen molar-refractivity contribution < 1.29 is 8.42 Å². The summed E-state index contributed by atoms with van der Waals surface area (Å²) in [6, 6.07) is 15.0. The van der Waals surface area contributed by atoms with Crippen molar-refractivity contribution in [2.75, 3.05) is 22.7 Å². The van der Waals surface area contributed by atoms with E-state index in [4.69, 9.17) is 5.26 Å². The lowest BCUT2D eigenvalue weighted by Gasteiger charge is -2.21. The summed E-state index contributed by atoms with van der Waals surface area (Å²) in [5.74, 6) is 0. The smallest absolute Gasteiger partial charge is 0.261 e. The van der Waals surface area contributed by atoms with Crippen LogP contribution in [0.4, 0.5) is 11.4 Å². The van der Waals surface area contributed by atoms with Crippen LogP contribution in [0.15, 0.2) is 53.4 Å². The molecular formula is C17H19N3O2S. The number of rotatable bonds is 6. The highest BCUT2D eigenvalue weighted by atomic mass is 32.2. The van der Waals surface area contributed by atoms with Gasteiger partial charge in [-0.3, -0.25) is 4.72 Å². The molecule has 0 spiro atoms. The van der Waals surface area contributed by atoms with Crippen molar-refractivity contribution in [1.82, 2.24) is 0 Å². The quantitative estimate of drug-likeness (QED) is 0.883. The molecule has 0 aromatic heterocycles. The van der Waals surface area contributed by atoms with E-state index in [2.05, 4.69) is 23.5 Å². The molecule has 0 heterocycles. The molecule has 0 bridgehead atoms. The molecule has 6 heteroatoms. The van der Waals surface area contributed by atoms with Gasteiger partial charge in [-0.15, -0.1) is 0 Å². The van der Waals surface area contributed by atoms with Crippen LogP contribution in [0.2, 0.25) is 0 Å². The van der Waals surface area contributed by atoms with Gasteiger partial charge in [-0.05, 0) is 62.4 Å². The zero-order valence-electron chi connectivity index (χ0n) is 13.2. The molecule has 0 aliphatic carbocycles. The summed E-state index contributed by atoms with van der Waals surface area (Å²) in [6.45, 7) is 5.94. The number of sulfonamides is 1. The van der Waals surface area contributed by atoms with Crippen LogP contribution in [0, 0.1) is 11.3 Å². The second kappa shape index (κ2) is 7.16. The van der Waals surface area contributed by atoms with Crippen LogP contribution in [-0.2, 0) is 10.0 Å². The van der Waals surface area contributed by atoms with Crippen molar-refractivity contribution >= 4 is 21.4 Å². The van der Waals surface area contributed by atoms with Gasteiger partial charge in [-0.25, -0.2) is 8.42 Å². The number of hydrogen-bond donors (Lipinski definition) is 1. The monoisotopic (exact) mass is 329 g/mol. The van der Waals surface area contributed by atoms with E-state index in [1.54, 1.807) is 12.1 Å². The number of nitriles is 1. The Labute approximate surface area is 137 Å². The molecule has 120 valence electrons. The Morgan fingerprint density at radius 3 is 2.04 bits per heavy atom. The van der Waals surface area contributed by atoms with Crippen LogP contribution >= 0.6 is 0 Å². The molecule has 0 saturated carbocycles. The van der Waals surface area contributed by atoms with Gasteiger partial charge in [0.2, 0.25) is 0 Å². The van der Waals surface area contributed by atoms with Gasteiger partial charge < -0.3 is 4.90 Å². The van der Waals surface area contributed by atoms with E-state index in [0.717, 1.165) is 18.8 Å². The van der Waals surface area contributed by atoms with Crippen LogP contribution in [0.25, 0.3) is 0 Å². The summed E-state index contributed by atoms with van der Waals surface area (Å²) < 4.78 is 27.2. The van der Waals surface area contributed by atoms with Gasteiger partial charge in [0.25, 0.3) is 10.0 Å². The minimum atomic E-state index is -3.66. The number of hydrogen-bond acceptors (Lipinski definition) is 4. The molecule has 0 saturated heterocycles. The van der Waals surface area contributed by atoms with E-state index in [-0.39, 0.29) is 4.90 Å². The normalized spacial score (nSPS) is 10.8. The summed E-state index contributed by atoms with van der Waals surface area (Å²) in [6.07, 6.45) is 0. The van der Waals surface area contributed by atoms with Gasteiger partial charge in [0, 0.05) is 24.5 Å². The fourth-order valence-corrected chi connectivity index (χ4v) is 3.31. The number of anilines is 2. The Kier molecular flexibility index (Phi) is 5.24. The van der Waals surface area contributed by atoms with Crippen LogP contribution in [0.5, 0.6) is 0 Å². The summed E-state index contributed by atoms with van der Waals surface area (Å²) in [4.78, 5) is 2.31. The molecule has 0 radical (unpaired) electrons. The molecule has 2 rings (SSSR count). The molecule has 0 aliphatic rings. The zero-order valence-corrected chi connectivity index (χ0v) is 14.0. The van der Waals surface area contributed by atoms with Crippen molar-refractivity contribution in [2.45, 2.75) is 18.7 Å². The molecule has 0 fully saturated rings. The molecule has 5 nitrogen and oxygen atoms in total. The van der Waals surface area contributed by atoms with E-state index in [9.17, 15) is 8.42 Å². The third-order valence-electron chi connectivity index (χ3n) is 3.54. The van der Waals surface area contributed by atoms with Crippen molar-refractivity contribution in [3.05, 3.63) is 54.1 Å². The first-order valence-corrected chi connectivity index (χ1v) is 8.86. The largest absolute Gasteiger partial charge is 0.372 e. The lowest BCUT2D eigenvalue weighted by molar-refractivity contribution is 0.601. The van der Waals surface area contributed by atoms with Crippen LogP contribution < -0.4 is 9.62 Å². The van der Waals surface area contributed by atoms with E-state index in [1.807, 2.05) is 18.2 Å². The second-order valence-electron chi connectivity index (χ2n) is 4.96. The van der Waals surface area contributed by atoms with E-state index in [1.165, 1.54) is 24.3 Å². The molecule has 0 unspecified atom stereocenters. The molecule has 23 heavy (non-hydrogen) atoms. The topological polar surface area (TPSA) is 73.2 Å². The lowest BCUT2D eigenvalue weighted by atomic mass is 10.2. The first-order chi connectivity index (χ1) is 11.0. The van der Waals surface area contributed by atoms with Crippen molar-refractivity contribution in [1.29, 1.82) is 5.26 Å². The van der Waals surface area contributed by atoms with Crippen molar-refractivity contribution in [3.63, 3.8) is 0 Å². The average Bonchev–Trinajstić information content (AvgIpc) is 2.57. The van der Waals surface area contributed by atoms with E-state index < -0.39 is 10.0 Å². The second-order valence-corrected chi connectivity index (χ2v) is 6.64. The summed E-state index contributed by atoms with van der Waals surface area (Å²) in [7, 11) is -3.66. The summed E-state index contributed by atoms with van der Waals surface area (Å²) in [5, 5.41) is 8.76. The lowest BCUT2D eigenvalue weighted by Crippen LogP contribution is -2.21. The van der Waals surface area contributed by atoms with Gasteiger partial charge in [-0.1, -0.05) is 0 Å². The molecule has 1 N–H and O–H groups in total. The first kappa shape index (κ1) is 16.8. The Balaban J connectivity index is 2.18. The average molecular weight is 329 g/mol. The Bertz CT molecular complexity index is 787. The van der Waals surface area contributed by atoms with Gasteiger partial charge in [0.15, 0.2) is 0 Å².